The van der Waals surface area contributed by atoms with Crippen molar-refractivity contribution in [3.8, 4) is 11.5 Å². The topological polar surface area (TPSA) is 38.7 Å². The van der Waals surface area contributed by atoms with E-state index in [0.717, 1.165) is 39.3 Å². The number of para-hydroxylation sites is 1. The average Bonchev–Trinajstić information content (AvgIpc) is 2.61. The molecule has 0 fully saturated rings. The Morgan fingerprint density at radius 3 is 2.62 bits per heavy atom. The molecule has 0 radical (unpaired) electrons. The van der Waals surface area contributed by atoms with Gasteiger partial charge in [-0.25, -0.2) is 15.0 Å². The molecule has 4 heteroatoms. The van der Waals surface area contributed by atoms with Crippen molar-refractivity contribution in [2.24, 2.45) is 0 Å². The normalized spacial score (nSPS) is 10.9. The third kappa shape index (κ3) is 3.12. The predicted octanol–water partition coefficient (Wildman–Crippen LogP) is 4.94. The van der Waals surface area contributed by atoms with Crippen molar-refractivity contribution in [2.75, 3.05) is 0 Å². The van der Waals surface area contributed by atoms with Gasteiger partial charge in [0.15, 0.2) is 5.82 Å². The summed E-state index contributed by atoms with van der Waals surface area (Å²) in [7, 11) is 0. The SMILES string of the molecule is Clc1cccc(Cc2cccc(-c3ncc4ccccc4n3)n2)c1. The molecule has 0 saturated heterocycles. The van der Waals surface area contributed by atoms with Gasteiger partial charge in [-0.05, 0) is 35.9 Å². The van der Waals surface area contributed by atoms with E-state index < -0.39 is 0 Å². The Morgan fingerprint density at radius 1 is 0.833 bits per heavy atom. The van der Waals surface area contributed by atoms with Crippen LogP contribution in [0.25, 0.3) is 22.4 Å². The van der Waals surface area contributed by atoms with Gasteiger partial charge in [-0.2, -0.15) is 0 Å². The molecule has 24 heavy (non-hydrogen) atoms. The first kappa shape index (κ1) is 14.8. The van der Waals surface area contributed by atoms with Crippen LogP contribution >= 0.6 is 11.6 Å². The van der Waals surface area contributed by atoms with Crippen molar-refractivity contribution in [3.63, 3.8) is 0 Å². The van der Waals surface area contributed by atoms with E-state index in [9.17, 15) is 0 Å². The lowest BCUT2D eigenvalue weighted by Gasteiger charge is -2.05. The number of pyridine rings is 1. The van der Waals surface area contributed by atoms with Crippen LogP contribution in [0.5, 0.6) is 0 Å². The number of rotatable bonds is 3. The summed E-state index contributed by atoms with van der Waals surface area (Å²) in [5.74, 6) is 0.640. The highest BCUT2D eigenvalue weighted by Gasteiger charge is 2.06. The molecule has 116 valence electrons. The van der Waals surface area contributed by atoms with Gasteiger partial charge in [-0.15, -0.1) is 0 Å². The van der Waals surface area contributed by atoms with Crippen LogP contribution in [-0.2, 0) is 6.42 Å². The van der Waals surface area contributed by atoms with Gasteiger partial charge in [0.1, 0.15) is 5.69 Å². The molecule has 0 aliphatic rings. The Bertz CT molecular complexity index is 1010. The predicted molar refractivity (Wildman–Crippen MR) is 97.0 cm³/mol. The highest BCUT2D eigenvalue weighted by atomic mass is 35.5. The largest absolute Gasteiger partial charge is 0.249 e. The zero-order valence-electron chi connectivity index (χ0n) is 12.9. The van der Waals surface area contributed by atoms with E-state index in [2.05, 4.69) is 9.97 Å². The minimum Gasteiger partial charge on any atom is -0.249 e. The van der Waals surface area contributed by atoms with Gasteiger partial charge in [0.2, 0.25) is 0 Å². The van der Waals surface area contributed by atoms with Gasteiger partial charge in [-0.1, -0.05) is 48.0 Å². The Morgan fingerprint density at radius 2 is 1.71 bits per heavy atom. The molecule has 0 bridgehead atoms. The highest BCUT2D eigenvalue weighted by Crippen LogP contribution is 2.19. The quantitative estimate of drug-likeness (QED) is 0.534. The van der Waals surface area contributed by atoms with Crippen molar-refractivity contribution < 1.29 is 0 Å². The van der Waals surface area contributed by atoms with E-state index in [1.165, 1.54) is 0 Å². The molecule has 3 nitrogen and oxygen atoms in total. The Kier molecular flexibility index (Phi) is 3.93. The van der Waals surface area contributed by atoms with Crippen molar-refractivity contribution in [2.45, 2.75) is 6.42 Å². The summed E-state index contributed by atoms with van der Waals surface area (Å²) in [5.41, 5.74) is 3.79. The lowest BCUT2D eigenvalue weighted by molar-refractivity contribution is 1.06. The molecule has 0 spiro atoms. The van der Waals surface area contributed by atoms with E-state index in [1.54, 1.807) is 0 Å². The zero-order chi connectivity index (χ0) is 16.4. The minimum atomic E-state index is 0.640. The maximum absolute atomic E-state index is 6.05. The van der Waals surface area contributed by atoms with Gasteiger partial charge in [0.25, 0.3) is 0 Å². The Balaban J connectivity index is 1.68. The van der Waals surface area contributed by atoms with E-state index in [1.807, 2.05) is 72.9 Å². The molecule has 2 aromatic heterocycles. The van der Waals surface area contributed by atoms with Crippen LogP contribution in [0.1, 0.15) is 11.3 Å². The third-order valence-electron chi connectivity index (χ3n) is 3.80. The first-order valence-corrected chi connectivity index (χ1v) is 8.08. The van der Waals surface area contributed by atoms with Gasteiger partial charge < -0.3 is 0 Å². The maximum atomic E-state index is 6.05. The summed E-state index contributed by atoms with van der Waals surface area (Å²) in [6.07, 6.45) is 2.56. The molecule has 0 aliphatic carbocycles. The molecule has 2 aromatic carbocycles. The van der Waals surface area contributed by atoms with Crippen LogP contribution in [0, 0.1) is 0 Å². The summed E-state index contributed by atoms with van der Waals surface area (Å²) in [6, 6.07) is 21.7. The van der Waals surface area contributed by atoms with Gasteiger partial charge in [0.05, 0.1) is 5.52 Å². The molecule has 0 amide bonds. The Labute approximate surface area is 145 Å². The van der Waals surface area contributed by atoms with Crippen LogP contribution in [0.3, 0.4) is 0 Å². The van der Waals surface area contributed by atoms with E-state index in [0.29, 0.717) is 5.82 Å². The van der Waals surface area contributed by atoms with Crippen LogP contribution < -0.4 is 0 Å². The van der Waals surface area contributed by atoms with Crippen LogP contribution in [0.15, 0.2) is 72.9 Å². The second kappa shape index (κ2) is 6.38. The number of hydrogen-bond donors (Lipinski definition) is 0. The molecule has 0 saturated carbocycles. The minimum absolute atomic E-state index is 0.640. The molecule has 0 aliphatic heterocycles. The molecule has 0 N–H and O–H groups in total. The summed E-state index contributed by atoms with van der Waals surface area (Å²) in [5, 5.41) is 1.76. The summed E-state index contributed by atoms with van der Waals surface area (Å²) < 4.78 is 0. The number of halogens is 1. The number of fused-ring (bicyclic) bond motifs is 1. The molecule has 2 heterocycles. The monoisotopic (exact) mass is 331 g/mol. The van der Waals surface area contributed by atoms with Crippen molar-refractivity contribution in [1.82, 2.24) is 15.0 Å². The highest BCUT2D eigenvalue weighted by molar-refractivity contribution is 6.30. The average molecular weight is 332 g/mol. The summed E-state index contributed by atoms with van der Waals surface area (Å²) in [4.78, 5) is 13.8. The number of aromatic nitrogens is 3. The van der Waals surface area contributed by atoms with E-state index in [-0.39, 0.29) is 0 Å². The second-order valence-electron chi connectivity index (χ2n) is 5.57. The first-order valence-electron chi connectivity index (χ1n) is 7.70. The van der Waals surface area contributed by atoms with Crippen LogP contribution in [-0.4, -0.2) is 15.0 Å². The van der Waals surface area contributed by atoms with E-state index >= 15 is 0 Å². The third-order valence-corrected chi connectivity index (χ3v) is 4.03. The van der Waals surface area contributed by atoms with Gasteiger partial charge in [-0.3, -0.25) is 0 Å². The zero-order valence-corrected chi connectivity index (χ0v) is 13.6. The van der Waals surface area contributed by atoms with Crippen molar-refractivity contribution in [3.05, 3.63) is 89.2 Å². The van der Waals surface area contributed by atoms with Gasteiger partial charge in [0, 0.05) is 28.7 Å². The van der Waals surface area contributed by atoms with Crippen molar-refractivity contribution in [1.29, 1.82) is 0 Å². The number of nitrogens with zero attached hydrogens (tertiary/aromatic N) is 3. The smallest absolute Gasteiger partial charge is 0.178 e. The Hall–Kier alpha value is -2.78. The number of benzene rings is 2. The lowest BCUT2D eigenvalue weighted by Crippen LogP contribution is -1.97. The maximum Gasteiger partial charge on any atom is 0.178 e. The fourth-order valence-electron chi connectivity index (χ4n) is 2.65. The molecule has 0 atom stereocenters. The molecule has 0 unspecified atom stereocenters. The fraction of sp³-hybridized carbons (Fsp3) is 0.0500. The van der Waals surface area contributed by atoms with Gasteiger partial charge >= 0.3 is 0 Å². The van der Waals surface area contributed by atoms with Crippen LogP contribution in [0.4, 0.5) is 0 Å². The molecular formula is C20H14ClN3. The van der Waals surface area contributed by atoms with E-state index in [4.69, 9.17) is 16.6 Å². The first-order chi connectivity index (χ1) is 11.8. The summed E-state index contributed by atoms with van der Waals surface area (Å²) in [6.45, 7) is 0. The number of hydrogen-bond acceptors (Lipinski definition) is 3. The molecule has 4 aromatic rings. The fourth-order valence-corrected chi connectivity index (χ4v) is 2.87. The van der Waals surface area contributed by atoms with Crippen LogP contribution in [0.2, 0.25) is 5.02 Å². The second-order valence-corrected chi connectivity index (χ2v) is 6.01. The summed E-state index contributed by atoms with van der Waals surface area (Å²) >= 11 is 6.05. The van der Waals surface area contributed by atoms with Crippen molar-refractivity contribution >= 4 is 22.5 Å². The molecule has 4 rings (SSSR count). The lowest BCUT2D eigenvalue weighted by atomic mass is 10.1. The standard InChI is InChI=1S/C20H14ClN3/c21-16-7-3-5-14(11-16)12-17-8-4-10-19(23-17)20-22-13-15-6-1-2-9-18(15)24-20/h1-11,13H,12H2. The molecular weight excluding hydrogens is 318 g/mol.